The van der Waals surface area contributed by atoms with E-state index in [0.717, 1.165) is 6.42 Å². The minimum absolute atomic E-state index is 0.0151. The summed E-state index contributed by atoms with van der Waals surface area (Å²) in [6.07, 6.45) is 3.30. The summed E-state index contributed by atoms with van der Waals surface area (Å²) in [6, 6.07) is 35.7. The van der Waals surface area contributed by atoms with E-state index in [0.29, 0.717) is 0 Å². The van der Waals surface area contributed by atoms with Crippen LogP contribution in [-0.4, -0.2) is 0 Å². The zero-order chi connectivity index (χ0) is 25.5. The lowest BCUT2D eigenvalue weighted by Crippen LogP contribution is -2.23. The Balaban J connectivity index is 1.58. The summed E-state index contributed by atoms with van der Waals surface area (Å²) in [5.74, 6) is 0. The summed E-state index contributed by atoms with van der Waals surface area (Å²) >= 11 is 0. The van der Waals surface area contributed by atoms with Crippen molar-refractivity contribution in [3.63, 3.8) is 0 Å². The van der Waals surface area contributed by atoms with E-state index in [-0.39, 0.29) is 10.8 Å². The van der Waals surface area contributed by atoms with Gasteiger partial charge in [-0.1, -0.05) is 105 Å². The minimum atomic E-state index is 0.0151. The number of hydrogen-bond donors (Lipinski definition) is 0. The molecule has 0 heterocycles. The molecular weight excluding hydrogens is 434 g/mol. The van der Waals surface area contributed by atoms with Gasteiger partial charge < -0.3 is 4.90 Å². The average molecular weight is 472 g/mol. The van der Waals surface area contributed by atoms with E-state index in [4.69, 9.17) is 0 Å². The molecule has 1 unspecified atom stereocenters. The lowest BCUT2D eigenvalue weighted by Gasteiger charge is -2.29. The minimum Gasteiger partial charge on any atom is -0.315 e. The fraction of sp³-hybridized carbons (Fsp3) is 0.257. The molecule has 1 aliphatic carbocycles. The summed E-state index contributed by atoms with van der Waals surface area (Å²) in [5.41, 5.74) is 11.9. The second-order valence-corrected chi connectivity index (χ2v) is 11.2. The van der Waals surface area contributed by atoms with Crippen LogP contribution in [0.5, 0.6) is 0 Å². The van der Waals surface area contributed by atoms with Crippen molar-refractivity contribution in [2.24, 2.45) is 0 Å². The van der Waals surface area contributed by atoms with E-state index < -0.39 is 0 Å². The molecule has 0 N–H and O–H groups in total. The highest BCUT2D eigenvalue weighted by molar-refractivity contribution is 5.74. The zero-order valence-corrected chi connectivity index (χ0v) is 22.5. The van der Waals surface area contributed by atoms with E-state index in [9.17, 15) is 0 Å². The molecule has 0 radical (unpaired) electrons. The number of fused-ring (bicyclic) bond motifs is 1. The van der Waals surface area contributed by atoms with Crippen molar-refractivity contribution in [1.82, 2.24) is 0 Å². The van der Waals surface area contributed by atoms with E-state index >= 15 is 0 Å². The normalized spacial score (nSPS) is 18.7. The molecule has 1 nitrogen and oxygen atoms in total. The molecule has 0 saturated carbocycles. The Morgan fingerprint density at radius 2 is 1.39 bits per heavy atom. The monoisotopic (exact) mass is 471 g/mol. The molecule has 36 heavy (non-hydrogen) atoms. The van der Waals surface area contributed by atoms with Gasteiger partial charge in [-0.2, -0.15) is 0 Å². The zero-order valence-electron chi connectivity index (χ0n) is 22.5. The maximum Gasteiger partial charge on any atom is 0.0461 e. The van der Waals surface area contributed by atoms with E-state index in [2.05, 4.69) is 150 Å². The fourth-order valence-electron chi connectivity index (χ4n) is 6.15. The molecule has 0 amide bonds. The highest BCUT2D eigenvalue weighted by atomic mass is 15.1. The standard InChI is InChI=1S/C35H37N/c1-7-26(3)36(30-18-16-28(17-19-30)27-13-9-8-10-14-27)31-20-21-32-33(23-31)34(4,5)24-35(32,6)29-15-11-12-25(2)22-29/h7-23H,24H2,1-6H3/b26-7+. The lowest BCUT2D eigenvalue weighted by molar-refractivity contribution is 0.425. The Labute approximate surface area is 217 Å². The smallest absolute Gasteiger partial charge is 0.0461 e. The number of hydrogen-bond acceptors (Lipinski definition) is 1. The van der Waals surface area contributed by atoms with Gasteiger partial charge in [0.1, 0.15) is 0 Å². The van der Waals surface area contributed by atoms with Gasteiger partial charge in [-0.15, -0.1) is 0 Å². The number of benzene rings is 4. The molecule has 1 heteroatoms. The molecule has 4 aromatic carbocycles. The fourth-order valence-corrected chi connectivity index (χ4v) is 6.15. The predicted molar refractivity (Wildman–Crippen MR) is 155 cm³/mol. The van der Waals surface area contributed by atoms with Crippen LogP contribution in [0, 0.1) is 6.92 Å². The molecule has 4 aromatic rings. The van der Waals surface area contributed by atoms with Gasteiger partial charge in [-0.25, -0.2) is 0 Å². The molecule has 0 aromatic heterocycles. The summed E-state index contributed by atoms with van der Waals surface area (Å²) < 4.78 is 0. The molecule has 5 rings (SSSR count). The predicted octanol–water partition coefficient (Wildman–Crippen LogP) is 9.71. The second-order valence-electron chi connectivity index (χ2n) is 11.2. The van der Waals surface area contributed by atoms with E-state index in [1.54, 1.807) is 0 Å². The van der Waals surface area contributed by atoms with Crippen LogP contribution in [0.2, 0.25) is 0 Å². The third-order valence-corrected chi connectivity index (χ3v) is 8.04. The quantitative estimate of drug-likeness (QED) is 0.280. The van der Waals surface area contributed by atoms with Gasteiger partial charge in [0.25, 0.3) is 0 Å². The number of rotatable bonds is 5. The van der Waals surface area contributed by atoms with Crippen LogP contribution in [0.1, 0.15) is 63.3 Å². The average Bonchev–Trinajstić information content (AvgIpc) is 3.10. The summed E-state index contributed by atoms with van der Waals surface area (Å²) in [5, 5.41) is 0. The second kappa shape index (κ2) is 9.13. The Hall–Kier alpha value is -3.58. The van der Waals surface area contributed by atoms with Gasteiger partial charge in [0.15, 0.2) is 0 Å². The maximum atomic E-state index is 2.44. The first-order valence-electron chi connectivity index (χ1n) is 13.0. The van der Waals surface area contributed by atoms with Crippen LogP contribution in [0.3, 0.4) is 0 Å². The number of aryl methyl sites for hydroxylation is 1. The van der Waals surface area contributed by atoms with Crippen LogP contribution in [0.25, 0.3) is 11.1 Å². The third-order valence-electron chi connectivity index (χ3n) is 8.04. The Morgan fingerprint density at radius 1 is 0.722 bits per heavy atom. The first kappa shape index (κ1) is 24.1. The van der Waals surface area contributed by atoms with Crippen molar-refractivity contribution in [1.29, 1.82) is 0 Å². The third kappa shape index (κ3) is 4.17. The van der Waals surface area contributed by atoms with Gasteiger partial charge in [-0.05, 0) is 84.7 Å². The lowest BCUT2D eigenvalue weighted by atomic mass is 9.75. The topological polar surface area (TPSA) is 3.24 Å². The SMILES string of the molecule is C/C=C(\C)N(c1ccc(-c2ccccc2)cc1)c1ccc2c(c1)C(C)(C)CC2(C)c1cccc(C)c1. The molecule has 1 aliphatic rings. The summed E-state index contributed by atoms with van der Waals surface area (Å²) in [4.78, 5) is 2.38. The van der Waals surface area contributed by atoms with Crippen LogP contribution >= 0.6 is 0 Å². The van der Waals surface area contributed by atoms with Crippen molar-refractivity contribution in [3.05, 3.63) is 131 Å². The summed E-state index contributed by atoms with van der Waals surface area (Å²) in [6.45, 7) is 13.7. The largest absolute Gasteiger partial charge is 0.315 e. The number of allylic oxidation sites excluding steroid dienone is 2. The van der Waals surface area contributed by atoms with Crippen LogP contribution in [0.15, 0.2) is 109 Å². The van der Waals surface area contributed by atoms with Gasteiger partial charge in [0.05, 0.1) is 0 Å². The van der Waals surface area contributed by atoms with Crippen molar-refractivity contribution in [3.8, 4) is 11.1 Å². The molecule has 1 atom stereocenters. The molecule has 0 bridgehead atoms. The van der Waals surface area contributed by atoms with Gasteiger partial charge in [-0.3, -0.25) is 0 Å². The van der Waals surface area contributed by atoms with E-state index in [1.165, 1.54) is 50.5 Å². The first-order chi connectivity index (χ1) is 17.2. The van der Waals surface area contributed by atoms with Gasteiger partial charge >= 0.3 is 0 Å². The van der Waals surface area contributed by atoms with Crippen molar-refractivity contribution < 1.29 is 0 Å². The van der Waals surface area contributed by atoms with E-state index in [1.807, 2.05) is 0 Å². The Morgan fingerprint density at radius 3 is 2.06 bits per heavy atom. The maximum absolute atomic E-state index is 2.44. The molecular formula is C35H37N. The molecule has 0 fully saturated rings. The van der Waals surface area contributed by atoms with Crippen LogP contribution in [0.4, 0.5) is 11.4 Å². The Kier molecular flexibility index (Phi) is 6.12. The van der Waals surface area contributed by atoms with Crippen molar-refractivity contribution >= 4 is 11.4 Å². The molecule has 0 saturated heterocycles. The van der Waals surface area contributed by atoms with Gasteiger partial charge in [0.2, 0.25) is 0 Å². The highest BCUT2D eigenvalue weighted by Gasteiger charge is 2.46. The number of nitrogens with zero attached hydrogens (tertiary/aromatic N) is 1. The highest BCUT2D eigenvalue weighted by Crippen LogP contribution is 2.54. The molecule has 0 aliphatic heterocycles. The number of anilines is 2. The van der Waals surface area contributed by atoms with Crippen molar-refractivity contribution in [2.75, 3.05) is 4.90 Å². The molecule has 182 valence electrons. The first-order valence-corrected chi connectivity index (χ1v) is 13.0. The summed E-state index contributed by atoms with van der Waals surface area (Å²) in [7, 11) is 0. The van der Waals surface area contributed by atoms with Gasteiger partial charge in [0, 0.05) is 22.5 Å². The molecule has 0 spiro atoms. The van der Waals surface area contributed by atoms with Crippen molar-refractivity contribution in [2.45, 2.75) is 58.8 Å². The van der Waals surface area contributed by atoms with Crippen LogP contribution in [-0.2, 0) is 10.8 Å². The Bertz CT molecular complexity index is 1410. The van der Waals surface area contributed by atoms with Crippen LogP contribution < -0.4 is 4.90 Å².